The van der Waals surface area contributed by atoms with Crippen molar-refractivity contribution in [2.45, 2.75) is 33.4 Å². The summed E-state index contributed by atoms with van der Waals surface area (Å²) in [7, 11) is 0. The summed E-state index contributed by atoms with van der Waals surface area (Å²) < 4.78 is 2.39. The summed E-state index contributed by atoms with van der Waals surface area (Å²) in [6.07, 6.45) is 0. The molecular weight excluding hydrogens is 364 g/mol. The Labute approximate surface area is 125 Å². The molecule has 0 spiro atoms. The highest BCUT2D eigenvalue weighted by Crippen LogP contribution is 2.31. The molecule has 1 aromatic rings. The zero-order valence-corrected chi connectivity index (χ0v) is 14.6. The third-order valence-corrected chi connectivity index (χ3v) is 5.26. The fraction of sp³-hybridized carbons (Fsp3) is 0.667. The third-order valence-electron chi connectivity index (χ3n) is 2.79. The zero-order chi connectivity index (χ0) is 12.8. The monoisotopic (exact) mass is 382 g/mol. The van der Waals surface area contributed by atoms with Crippen LogP contribution in [0.25, 0.3) is 0 Å². The molecule has 1 rings (SSSR count). The molecule has 0 aliphatic rings. The Morgan fingerprint density at radius 1 is 1.35 bits per heavy atom. The molecule has 1 aromatic heterocycles. The van der Waals surface area contributed by atoms with Crippen LogP contribution in [-0.2, 0) is 6.54 Å². The number of likely N-dealkylation sites (N-methyl/N-ethyl adjacent to an activating group) is 1. The van der Waals surface area contributed by atoms with E-state index in [9.17, 15) is 0 Å². The van der Waals surface area contributed by atoms with E-state index in [4.69, 9.17) is 0 Å². The van der Waals surface area contributed by atoms with Crippen LogP contribution in [0.3, 0.4) is 0 Å². The molecule has 0 amide bonds. The van der Waals surface area contributed by atoms with Crippen molar-refractivity contribution in [3.8, 4) is 0 Å². The summed E-state index contributed by atoms with van der Waals surface area (Å²) in [5.41, 5.74) is 1.33. The maximum atomic E-state index is 3.58. The van der Waals surface area contributed by atoms with Crippen molar-refractivity contribution >= 4 is 43.2 Å². The molecule has 0 saturated carbocycles. The fourth-order valence-electron chi connectivity index (χ4n) is 1.71. The lowest BCUT2D eigenvalue weighted by atomic mass is 10.2. The summed E-state index contributed by atoms with van der Waals surface area (Å²) >= 11 is 8.82. The summed E-state index contributed by atoms with van der Waals surface area (Å²) in [5.74, 6) is 0. The van der Waals surface area contributed by atoms with Crippen molar-refractivity contribution in [3.05, 3.63) is 19.2 Å². The molecule has 0 bridgehead atoms. The van der Waals surface area contributed by atoms with Crippen LogP contribution in [0, 0.1) is 0 Å². The van der Waals surface area contributed by atoms with Crippen LogP contribution in [-0.4, -0.2) is 30.6 Å². The lowest BCUT2D eigenvalue weighted by Crippen LogP contribution is -2.38. The van der Waals surface area contributed by atoms with Gasteiger partial charge in [0.15, 0.2) is 0 Å². The normalized spacial score (nSPS) is 13.3. The van der Waals surface area contributed by atoms with Crippen LogP contribution in [0.1, 0.15) is 26.3 Å². The van der Waals surface area contributed by atoms with E-state index in [2.05, 4.69) is 68.9 Å². The van der Waals surface area contributed by atoms with Gasteiger partial charge in [0.1, 0.15) is 0 Å². The van der Waals surface area contributed by atoms with Crippen LogP contribution >= 0.6 is 43.2 Å². The molecule has 1 N–H and O–H groups in total. The highest BCUT2D eigenvalue weighted by atomic mass is 79.9. The number of thiophene rings is 1. The van der Waals surface area contributed by atoms with E-state index in [0.717, 1.165) is 26.2 Å². The summed E-state index contributed by atoms with van der Waals surface area (Å²) in [4.78, 5) is 2.44. The second kappa shape index (κ2) is 7.89. The smallest absolute Gasteiger partial charge is 0.0755 e. The van der Waals surface area contributed by atoms with Gasteiger partial charge in [0.25, 0.3) is 0 Å². The van der Waals surface area contributed by atoms with Crippen molar-refractivity contribution in [1.29, 1.82) is 0 Å². The minimum absolute atomic E-state index is 0.514. The van der Waals surface area contributed by atoms with Gasteiger partial charge in [-0.05, 0) is 63.5 Å². The standard InChI is InChI=1S/C12H20Br2N2S/c1-4-16(5-2)8-9(3)15-7-10-6-11(13)17-12(10)14/h6,9,15H,4-5,7-8H2,1-3H3. The molecule has 1 heterocycles. The van der Waals surface area contributed by atoms with Crippen molar-refractivity contribution in [2.75, 3.05) is 19.6 Å². The van der Waals surface area contributed by atoms with E-state index in [1.807, 2.05) is 0 Å². The Morgan fingerprint density at radius 3 is 2.47 bits per heavy atom. The molecule has 2 nitrogen and oxygen atoms in total. The van der Waals surface area contributed by atoms with Crippen molar-refractivity contribution in [1.82, 2.24) is 10.2 Å². The van der Waals surface area contributed by atoms with Gasteiger partial charge in [-0.2, -0.15) is 0 Å². The number of rotatable bonds is 7. The van der Waals surface area contributed by atoms with E-state index in [0.29, 0.717) is 6.04 Å². The van der Waals surface area contributed by atoms with Gasteiger partial charge in [0.2, 0.25) is 0 Å². The highest BCUT2D eigenvalue weighted by molar-refractivity contribution is 9.12. The van der Waals surface area contributed by atoms with Crippen molar-refractivity contribution < 1.29 is 0 Å². The van der Waals surface area contributed by atoms with Gasteiger partial charge in [0.05, 0.1) is 7.57 Å². The van der Waals surface area contributed by atoms with Crippen LogP contribution in [0.2, 0.25) is 0 Å². The minimum Gasteiger partial charge on any atom is -0.309 e. The van der Waals surface area contributed by atoms with E-state index in [-0.39, 0.29) is 0 Å². The molecule has 5 heteroatoms. The van der Waals surface area contributed by atoms with E-state index >= 15 is 0 Å². The maximum Gasteiger partial charge on any atom is 0.0755 e. The van der Waals surface area contributed by atoms with Gasteiger partial charge in [-0.15, -0.1) is 11.3 Å². The van der Waals surface area contributed by atoms with Gasteiger partial charge in [-0.3, -0.25) is 0 Å². The molecular formula is C12H20Br2N2S. The largest absolute Gasteiger partial charge is 0.309 e. The first-order valence-corrected chi connectivity index (χ1v) is 8.36. The number of hydrogen-bond donors (Lipinski definition) is 1. The van der Waals surface area contributed by atoms with Crippen LogP contribution in [0.4, 0.5) is 0 Å². The van der Waals surface area contributed by atoms with E-state index in [1.165, 1.54) is 13.1 Å². The molecule has 0 fully saturated rings. The molecule has 98 valence electrons. The molecule has 0 aliphatic heterocycles. The highest BCUT2D eigenvalue weighted by Gasteiger charge is 2.09. The van der Waals surface area contributed by atoms with Gasteiger partial charge >= 0.3 is 0 Å². The Balaban J connectivity index is 2.37. The molecule has 1 unspecified atom stereocenters. The number of nitrogens with zero attached hydrogens (tertiary/aromatic N) is 1. The average Bonchev–Trinajstić information content (AvgIpc) is 2.62. The quantitative estimate of drug-likeness (QED) is 0.762. The number of hydrogen-bond acceptors (Lipinski definition) is 3. The minimum atomic E-state index is 0.514. The van der Waals surface area contributed by atoms with E-state index < -0.39 is 0 Å². The molecule has 0 radical (unpaired) electrons. The second-order valence-electron chi connectivity index (χ2n) is 4.12. The number of halogens is 2. The first kappa shape index (κ1) is 15.6. The molecule has 1 atom stereocenters. The van der Waals surface area contributed by atoms with Crippen LogP contribution in [0.15, 0.2) is 13.6 Å². The summed E-state index contributed by atoms with van der Waals surface area (Å²) in [5, 5.41) is 3.57. The van der Waals surface area contributed by atoms with Gasteiger partial charge in [0, 0.05) is 19.1 Å². The number of nitrogens with one attached hydrogen (secondary N) is 1. The first-order valence-electron chi connectivity index (χ1n) is 5.96. The Hall–Kier alpha value is 0.580. The van der Waals surface area contributed by atoms with Crippen LogP contribution in [0.5, 0.6) is 0 Å². The van der Waals surface area contributed by atoms with Crippen molar-refractivity contribution in [2.24, 2.45) is 0 Å². The molecule has 17 heavy (non-hydrogen) atoms. The topological polar surface area (TPSA) is 15.3 Å². The second-order valence-corrected chi connectivity index (χ2v) is 7.87. The summed E-state index contributed by atoms with van der Waals surface area (Å²) in [6, 6.07) is 2.69. The zero-order valence-electron chi connectivity index (χ0n) is 10.6. The predicted octanol–water partition coefficient (Wildman–Crippen LogP) is 4.09. The Kier molecular flexibility index (Phi) is 7.26. The molecule has 0 aromatic carbocycles. The van der Waals surface area contributed by atoms with Crippen LogP contribution < -0.4 is 5.32 Å². The Morgan fingerprint density at radius 2 is 2.00 bits per heavy atom. The fourth-order valence-corrected chi connectivity index (χ4v) is 4.54. The van der Waals surface area contributed by atoms with Crippen molar-refractivity contribution in [3.63, 3.8) is 0 Å². The Bertz CT molecular complexity index is 337. The van der Waals surface area contributed by atoms with E-state index in [1.54, 1.807) is 11.3 Å². The van der Waals surface area contributed by atoms with Gasteiger partial charge in [-0.1, -0.05) is 13.8 Å². The van der Waals surface area contributed by atoms with Gasteiger partial charge in [-0.25, -0.2) is 0 Å². The molecule has 0 saturated heterocycles. The SMILES string of the molecule is CCN(CC)CC(C)NCc1cc(Br)sc1Br. The lowest BCUT2D eigenvalue weighted by molar-refractivity contribution is 0.270. The van der Waals surface area contributed by atoms with Gasteiger partial charge < -0.3 is 10.2 Å². The maximum absolute atomic E-state index is 3.58. The summed E-state index contributed by atoms with van der Waals surface area (Å²) in [6.45, 7) is 10.9. The average molecular weight is 384 g/mol. The first-order chi connectivity index (χ1) is 8.06. The molecule has 0 aliphatic carbocycles. The third kappa shape index (κ3) is 5.39. The predicted molar refractivity (Wildman–Crippen MR) is 83.8 cm³/mol. The lowest BCUT2D eigenvalue weighted by Gasteiger charge is -2.23.